The fourth-order valence-electron chi connectivity index (χ4n) is 4.05. The number of benzene rings is 1. The van der Waals surface area contributed by atoms with Crippen LogP contribution in [0.4, 0.5) is 0 Å². The van der Waals surface area contributed by atoms with Crippen molar-refractivity contribution in [3.8, 4) is 6.07 Å². The first kappa shape index (κ1) is 14.7. The Balaban J connectivity index is 1.93. The quantitative estimate of drug-likeness (QED) is 0.449. The number of rotatable bonds is 1. The first-order valence-corrected chi connectivity index (χ1v) is 9.80. The SMILES string of the molecule is N#Cc1ccc2c(c1)C(=O)C1C=CC=CC1=[SH+]2C1CCCCC1. The highest BCUT2D eigenvalue weighted by Crippen LogP contribution is 2.36. The summed E-state index contributed by atoms with van der Waals surface area (Å²) in [6.07, 6.45) is 14.8. The molecule has 2 atom stereocenters. The molecule has 116 valence electrons. The van der Waals surface area contributed by atoms with Crippen LogP contribution in [0.3, 0.4) is 0 Å². The number of hydrogen-bond acceptors (Lipinski definition) is 2. The van der Waals surface area contributed by atoms with Crippen molar-refractivity contribution >= 4 is 21.1 Å². The van der Waals surface area contributed by atoms with Crippen LogP contribution < -0.4 is 0 Å². The van der Waals surface area contributed by atoms with Crippen molar-refractivity contribution in [1.82, 2.24) is 0 Å². The predicted octanol–water partition coefficient (Wildman–Crippen LogP) is 3.71. The summed E-state index contributed by atoms with van der Waals surface area (Å²) in [4.78, 5) is 15.5. The number of ketones is 1. The molecule has 0 spiro atoms. The minimum atomic E-state index is -0.459. The summed E-state index contributed by atoms with van der Waals surface area (Å²) >= 11 is 0. The third kappa shape index (κ3) is 2.42. The van der Waals surface area contributed by atoms with Crippen molar-refractivity contribution in [1.29, 1.82) is 5.26 Å². The van der Waals surface area contributed by atoms with Crippen LogP contribution in [-0.4, -0.2) is 15.9 Å². The Morgan fingerprint density at radius 3 is 2.74 bits per heavy atom. The van der Waals surface area contributed by atoms with Crippen LogP contribution in [0.5, 0.6) is 0 Å². The van der Waals surface area contributed by atoms with Crippen molar-refractivity contribution in [2.24, 2.45) is 5.92 Å². The lowest BCUT2D eigenvalue weighted by molar-refractivity contribution is 0.0969. The molecule has 0 radical (unpaired) electrons. The Bertz CT molecular complexity index is 803. The van der Waals surface area contributed by atoms with Crippen molar-refractivity contribution < 1.29 is 4.79 Å². The number of nitrogens with zero attached hydrogens (tertiary/aromatic N) is 1. The van der Waals surface area contributed by atoms with Gasteiger partial charge in [-0.3, -0.25) is 4.79 Å². The lowest BCUT2D eigenvalue weighted by Gasteiger charge is -2.29. The smallest absolute Gasteiger partial charge is 0.183 e. The number of thiol groups is 1. The normalized spacial score (nSPS) is 26.6. The summed E-state index contributed by atoms with van der Waals surface area (Å²) in [6.45, 7) is 0. The Morgan fingerprint density at radius 1 is 1.13 bits per heavy atom. The molecule has 3 heteroatoms. The molecule has 1 fully saturated rings. The highest BCUT2D eigenvalue weighted by Gasteiger charge is 2.40. The number of carbonyl (C=O) groups is 1. The Kier molecular flexibility index (Phi) is 3.79. The van der Waals surface area contributed by atoms with Crippen molar-refractivity contribution in [3.63, 3.8) is 0 Å². The molecule has 0 saturated heterocycles. The van der Waals surface area contributed by atoms with E-state index in [1.54, 1.807) is 0 Å². The molecule has 2 nitrogen and oxygen atoms in total. The molecule has 1 aliphatic heterocycles. The number of Topliss-reactive ketones (excluding diaryl/α,β-unsaturated/α-hetero) is 1. The minimum Gasteiger partial charge on any atom is -0.293 e. The van der Waals surface area contributed by atoms with E-state index in [1.165, 1.54) is 41.9 Å². The van der Waals surface area contributed by atoms with Gasteiger partial charge in [0.25, 0.3) is 0 Å². The maximum absolute atomic E-state index is 12.9. The fraction of sp³-hybridized carbons (Fsp3) is 0.350. The molecular formula is C20H20NOS+. The molecular weight excluding hydrogens is 302 g/mol. The van der Waals surface area contributed by atoms with E-state index < -0.39 is 10.5 Å². The van der Waals surface area contributed by atoms with Gasteiger partial charge in [-0.1, -0.05) is 35.1 Å². The van der Waals surface area contributed by atoms with Gasteiger partial charge >= 0.3 is 0 Å². The average Bonchev–Trinajstić information content (AvgIpc) is 2.63. The molecule has 4 rings (SSSR count). The molecule has 0 N–H and O–H groups in total. The summed E-state index contributed by atoms with van der Waals surface area (Å²) in [5.41, 5.74) is 1.39. The van der Waals surface area contributed by atoms with Crippen molar-refractivity contribution in [3.05, 3.63) is 53.6 Å². The van der Waals surface area contributed by atoms with Crippen LogP contribution in [0, 0.1) is 17.2 Å². The van der Waals surface area contributed by atoms with Crippen LogP contribution in [0.15, 0.2) is 47.4 Å². The molecule has 1 aromatic rings. The van der Waals surface area contributed by atoms with Crippen LogP contribution in [0.25, 0.3) is 0 Å². The number of allylic oxidation sites excluding steroid dienone is 4. The van der Waals surface area contributed by atoms with Gasteiger partial charge in [0.2, 0.25) is 0 Å². The third-order valence-corrected chi connectivity index (χ3v) is 8.29. The first-order chi connectivity index (χ1) is 11.3. The highest BCUT2D eigenvalue weighted by atomic mass is 32.2. The van der Waals surface area contributed by atoms with Gasteiger partial charge in [0.05, 0.1) is 22.4 Å². The number of nitriles is 1. The number of fused-ring (bicyclic) bond motifs is 2. The molecule has 1 saturated carbocycles. The van der Waals surface area contributed by atoms with E-state index in [-0.39, 0.29) is 11.7 Å². The highest BCUT2D eigenvalue weighted by molar-refractivity contribution is 7.97. The third-order valence-electron chi connectivity index (χ3n) is 5.15. The van der Waals surface area contributed by atoms with E-state index in [9.17, 15) is 10.1 Å². The van der Waals surface area contributed by atoms with Gasteiger partial charge in [0, 0.05) is 0 Å². The van der Waals surface area contributed by atoms with Gasteiger partial charge in [0.15, 0.2) is 5.78 Å². The first-order valence-electron chi connectivity index (χ1n) is 8.39. The van der Waals surface area contributed by atoms with Gasteiger partial charge in [-0.15, -0.1) is 0 Å². The largest absolute Gasteiger partial charge is 0.293 e. The lowest BCUT2D eigenvalue weighted by Crippen LogP contribution is -2.36. The predicted molar refractivity (Wildman–Crippen MR) is 96.2 cm³/mol. The number of carbonyl (C=O) groups excluding carboxylic acids is 1. The molecule has 0 bridgehead atoms. The second-order valence-electron chi connectivity index (χ2n) is 6.52. The monoisotopic (exact) mass is 322 g/mol. The van der Waals surface area contributed by atoms with Gasteiger partial charge in [-0.2, -0.15) is 5.26 Å². The summed E-state index contributed by atoms with van der Waals surface area (Å²) in [6, 6.07) is 7.94. The molecule has 2 aliphatic carbocycles. The summed E-state index contributed by atoms with van der Waals surface area (Å²) in [5.74, 6) is 0.0664. The Labute approximate surface area is 139 Å². The zero-order valence-corrected chi connectivity index (χ0v) is 13.9. The topological polar surface area (TPSA) is 40.9 Å². The maximum Gasteiger partial charge on any atom is 0.183 e. The second-order valence-corrected chi connectivity index (χ2v) is 8.98. The minimum absolute atomic E-state index is 0.102. The summed E-state index contributed by atoms with van der Waals surface area (Å²) in [5, 5.41) is 9.87. The summed E-state index contributed by atoms with van der Waals surface area (Å²) < 4.78 is 0. The van der Waals surface area contributed by atoms with E-state index in [2.05, 4.69) is 24.3 Å². The molecule has 1 heterocycles. The van der Waals surface area contributed by atoms with Crippen LogP contribution in [0.2, 0.25) is 0 Å². The molecule has 0 amide bonds. The number of hydrogen-bond donors (Lipinski definition) is 0. The van der Waals surface area contributed by atoms with E-state index in [4.69, 9.17) is 0 Å². The molecule has 0 aromatic heterocycles. The van der Waals surface area contributed by atoms with Crippen molar-refractivity contribution in [2.45, 2.75) is 42.2 Å². The van der Waals surface area contributed by atoms with E-state index >= 15 is 0 Å². The maximum atomic E-state index is 12.9. The molecule has 23 heavy (non-hydrogen) atoms. The van der Waals surface area contributed by atoms with Crippen molar-refractivity contribution in [2.75, 3.05) is 0 Å². The Morgan fingerprint density at radius 2 is 1.96 bits per heavy atom. The summed E-state index contributed by atoms with van der Waals surface area (Å²) in [7, 11) is -0.459. The van der Waals surface area contributed by atoms with Gasteiger partial charge in [-0.25, -0.2) is 0 Å². The molecule has 2 unspecified atom stereocenters. The second kappa shape index (κ2) is 5.94. The molecule has 1 aromatic carbocycles. The standard InChI is InChI=1S/C20H19NOS/c21-13-14-10-11-19-17(12-14)20(22)16-8-4-5-9-18(16)23(19)15-6-2-1-3-7-15/h4-5,8-12,15-16H,1-3,6-7H2/p+1. The van der Waals surface area contributed by atoms with E-state index in [0.717, 1.165) is 5.56 Å². The Hall–Kier alpha value is -1.92. The van der Waals surface area contributed by atoms with Gasteiger partial charge < -0.3 is 0 Å². The van der Waals surface area contributed by atoms with E-state index in [1.807, 2.05) is 24.3 Å². The average molecular weight is 322 g/mol. The van der Waals surface area contributed by atoms with Gasteiger partial charge in [0.1, 0.15) is 15.7 Å². The van der Waals surface area contributed by atoms with Crippen LogP contribution >= 0.6 is 0 Å². The molecule has 3 aliphatic rings. The van der Waals surface area contributed by atoms with Crippen LogP contribution in [0.1, 0.15) is 48.0 Å². The zero-order valence-electron chi connectivity index (χ0n) is 13.0. The van der Waals surface area contributed by atoms with Crippen LogP contribution in [-0.2, 0) is 10.5 Å². The zero-order chi connectivity index (χ0) is 15.8. The lowest BCUT2D eigenvalue weighted by atomic mass is 9.90. The van der Waals surface area contributed by atoms with E-state index in [0.29, 0.717) is 10.8 Å². The van der Waals surface area contributed by atoms with Gasteiger partial charge in [-0.05, 0) is 50.0 Å². The fourth-order valence-corrected chi connectivity index (χ4v) is 7.44.